The van der Waals surface area contributed by atoms with Gasteiger partial charge in [-0.2, -0.15) is 0 Å². The molecule has 0 aliphatic carbocycles. The standard InChI is InChI=1S/C20H16FN3OS2/c1-12-18(19(25)22-15-7-9-16(26-2)10-8-15)27-20-23-17(11-24(12)20)13-3-5-14(21)6-4-13/h3-11H,1-2H3,(H,22,25). The minimum Gasteiger partial charge on any atom is -0.321 e. The summed E-state index contributed by atoms with van der Waals surface area (Å²) in [4.78, 5) is 19.7. The lowest BCUT2D eigenvalue weighted by molar-refractivity contribution is 0.102. The molecule has 2 heterocycles. The minimum atomic E-state index is -0.277. The first-order valence-electron chi connectivity index (χ1n) is 8.25. The number of thiazole rings is 1. The van der Waals surface area contributed by atoms with Crippen LogP contribution in [0.15, 0.2) is 59.6 Å². The number of amides is 1. The molecule has 0 aliphatic heterocycles. The summed E-state index contributed by atoms with van der Waals surface area (Å²) in [6.45, 7) is 1.89. The molecule has 1 N–H and O–H groups in total. The van der Waals surface area contributed by atoms with E-state index in [1.165, 1.54) is 23.5 Å². The molecule has 0 fully saturated rings. The highest BCUT2D eigenvalue weighted by Crippen LogP contribution is 2.28. The predicted octanol–water partition coefficient (Wildman–Crippen LogP) is 5.48. The highest BCUT2D eigenvalue weighted by Gasteiger charge is 2.18. The van der Waals surface area contributed by atoms with Gasteiger partial charge in [-0.15, -0.1) is 11.8 Å². The van der Waals surface area contributed by atoms with Crippen LogP contribution in [0.25, 0.3) is 16.2 Å². The second-order valence-corrected chi connectivity index (χ2v) is 7.84. The van der Waals surface area contributed by atoms with Crippen LogP contribution in [0.1, 0.15) is 15.4 Å². The number of rotatable bonds is 4. The maximum atomic E-state index is 13.1. The SMILES string of the molecule is CSc1ccc(NC(=O)c2sc3nc(-c4ccc(F)cc4)cn3c2C)cc1. The first kappa shape index (κ1) is 17.8. The van der Waals surface area contributed by atoms with Crippen LogP contribution in [0.4, 0.5) is 10.1 Å². The Morgan fingerprint density at radius 1 is 1.15 bits per heavy atom. The summed E-state index contributed by atoms with van der Waals surface area (Å²) < 4.78 is 15.0. The molecular weight excluding hydrogens is 381 g/mol. The summed E-state index contributed by atoms with van der Waals surface area (Å²) in [5.41, 5.74) is 3.18. The van der Waals surface area contributed by atoms with Gasteiger partial charge in [0.25, 0.3) is 5.91 Å². The Morgan fingerprint density at radius 2 is 1.85 bits per heavy atom. The maximum absolute atomic E-state index is 13.1. The normalized spacial score (nSPS) is 11.1. The third kappa shape index (κ3) is 3.48. The average molecular weight is 398 g/mol. The third-order valence-corrected chi connectivity index (χ3v) is 6.15. The first-order valence-corrected chi connectivity index (χ1v) is 10.3. The molecule has 27 heavy (non-hydrogen) atoms. The van der Waals surface area contributed by atoms with Gasteiger partial charge in [-0.05, 0) is 61.7 Å². The molecule has 0 atom stereocenters. The van der Waals surface area contributed by atoms with Crippen molar-refractivity contribution < 1.29 is 9.18 Å². The van der Waals surface area contributed by atoms with Gasteiger partial charge < -0.3 is 5.32 Å². The molecule has 136 valence electrons. The molecule has 4 nitrogen and oxygen atoms in total. The highest BCUT2D eigenvalue weighted by atomic mass is 32.2. The van der Waals surface area contributed by atoms with Crippen molar-refractivity contribution in [1.29, 1.82) is 0 Å². The molecule has 0 aliphatic rings. The smallest absolute Gasteiger partial charge is 0.267 e. The molecule has 4 aromatic rings. The Morgan fingerprint density at radius 3 is 2.48 bits per heavy atom. The number of imidazole rings is 1. The number of carbonyl (C=O) groups excluding carboxylic acids is 1. The minimum absolute atomic E-state index is 0.150. The van der Waals surface area contributed by atoms with Gasteiger partial charge in [0.2, 0.25) is 0 Å². The summed E-state index contributed by atoms with van der Waals surface area (Å²) >= 11 is 3.00. The fourth-order valence-electron chi connectivity index (χ4n) is 2.78. The Hall–Kier alpha value is -2.64. The number of nitrogens with one attached hydrogen (secondary N) is 1. The number of aromatic nitrogens is 2. The van der Waals surface area contributed by atoms with Crippen molar-refractivity contribution in [3.05, 3.63) is 71.1 Å². The van der Waals surface area contributed by atoms with Crippen molar-refractivity contribution in [1.82, 2.24) is 9.38 Å². The summed E-state index contributed by atoms with van der Waals surface area (Å²) in [7, 11) is 0. The molecule has 2 aromatic heterocycles. The van der Waals surface area contributed by atoms with Crippen molar-refractivity contribution in [2.75, 3.05) is 11.6 Å². The van der Waals surface area contributed by atoms with Gasteiger partial charge in [0.1, 0.15) is 10.7 Å². The average Bonchev–Trinajstić information content (AvgIpc) is 3.22. The number of hydrogen-bond acceptors (Lipinski definition) is 4. The van der Waals surface area contributed by atoms with Crippen LogP contribution in [-0.4, -0.2) is 21.5 Å². The van der Waals surface area contributed by atoms with Crippen LogP contribution >= 0.6 is 23.1 Å². The lowest BCUT2D eigenvalue weighted by Gasteiger charge is -2.05. The summed E-state index contributed by atoms with van der Waals surface area (Å²) in [6.07, 6.45) is 3.89. The van der Waals surface area contributed by atoms with Crippen LogP contribution in [-0.2, 0) is 0 Å². The molecule has 1 amide bonds. The Kier molecular flexibility index (Phi) is 4.72. The van der Waals surface area contributed by atoms with Gasteiger partial charge in [0.15, 0.2) is 4.96 Å². The Bertz CT molecular complexity index is 1110. The van der Waals surface area contributed by atoms with Gasteiger partial charge in [-0.25, -0.2) is 9.37 Å². The quantitative estimate of drug-likeness (QED) is 0.464. The van der Waals surface area contributed by atoms with E-state index in [4.69, 9.17) is 0 Å². The maximum Gasteiger partial charge on any atom is 0.267 e. The largest absolute Gasteiger partial charge is 0.321 e. The molecular formula is C20H16FN3OS2. The molecule has 0 saturated carbocycles. The van der Waals surface area contributed by atoms with Crippen molar-refractivity contribution in [2.45, 2.75) is 11.8 Å². The third-order valence-electron chi connectivity index (χ3n) is 4.25. The summed E-state index contributed by atoms with van der Waals surface area (Å²) in [5.74, 6) is -0.427. The number of hydrogen-bond donors (Lipinski definition) is 1. The second-order valence-electron chi connectivity index (χ2n) is 5.98. The first-order chi connectivity index (χ1) is 13.0. The number of aryl methyl sites for hydroxylation is 1. The number of benzene rings is 2. The van der Waals surface area contributed by atoms with Crippen LogP contribution in [0.3, 0.4) is 0 Å². The molecule has 0 spiro atoms. The zero-order chi connectivity index (χ0) is 19.0. The molecule has 0 bridgehead atoms. The summed E-state index contributed by atoms with van der Waals surface area (Å²) in [5, 5.41) is 2.93. The Labute approximate surface area is 164 Å². The van der Waals surface area contributed by atoms with Gasteiger partial charge in [-0.3, -0.25) is 9.20 Å². The molecule has 0 saturated heterocycles. The van der Waals surface area contributed by atoms with Gasteiger partial charge >= 0.3 is 0 Å². The van der Waals surface area contributed by atoms with Crippen LogP contribution in [0.5, 0.6) is 0 Å². The zero-order valence-electron chi connectivity index (χ0n) is 14.7. The lowest BCUT2D eigenvalue weighted by atomic mass is 10.2. The van der Waals surface area contributed by atoms with E-state index in [1.54, 1.807) is 23.9 Å². The van der Waals surface area contributed by atoms with Crippen molar-refractivity contribution in [3.63, 3.8) is 0 Å². The van der Waals surface area contributed by atoms with Crippen molar-refractivity contribution in [2.24, 2.45) is 0 Å². The highest BCUT2D eigenvalue weighted by molar-refractivity contribution is 7.98. The fraction of sp³-hybridized carbons (Fsp3) is 0.100. The van der Waals surface area contributed by atoms with E-state index >= 15 is 0 Å². The van der Waals surface area contributed by atoms with E-state index in [1.807, 2.05) is 48.0 Å². The molecule has 0 radical (unpaired) electrons. The van der Waals surface area contributed by atoms with Crippen LogP contribution < -0.4 is 5.32 Å². The van der Waals surface area contributed by atoms with E-state index in [9.17, 15) is 9.18 Å². The predicted molar refractivity (Wildman–Crippen MR) is 109 cm³/mol. The molecule has 0 unspecified atom stereocenters. The van der Waals surface area contributed by atoms with E-state index in [2.05, 4.69) is 10.3 Å². The zero-order valence-corrected chi connectivity index (χ0v) is 16.3. The second kappa shape index (κ2) is 7.17. The van der Waals surface area contributed by atoms with E-state index in [0.29, 0.717) is 4.88 Å². The number of halogens is 1. The van der Waals surface area contributed by atoms with Crippen molar-refractivity contribution >= 4 is 39.7 Å². The fourth-order valence-corrected chi connectivity index (χ4v) is 4.20. The number of thioether (sulfide) groups is 1. The van der Waals surface area contributed by atoms with Crippen LogP contribution in [0, 0.1) is 12.7 Å². The Balaban J connectivity index is 1.60. The van der Waals surface area contributed by atoms with Gasteiger partial charge in [-0.1, -0.05) is 11.3 Å². The van der Waals surface area contributed by atoms with Gasteiger partial charge in [0.05, 0.1) is 5.69 Å². The van der Waals surface area contributed by atoms with E-state index in [0.717, 1.165) is 32.5 Å². The monoisotopic (exact) mass is 397 g/mol. The van der Waals surface area contributed by atoms with Gasteiger partial charge in [0, 0.05) is 28.0 Å². The van der Waals surface area contributed by atoms with Crippen LogP contribution in [0.2, 0.25) is 0 Å². The number of fused-ring (bicyclic) bond motifs is 1. The summed E-state index contributed by atoms with van der Waals surface area (Å²) in [6, 6.07) is 14.0. The molecule has 2 aromatic carbocycles. The lowest BCUT2D eigenvalue weighted by Crippen LogP contribution is -2.11. The molecule has 4 rings (SSSR count). The van der Waals surface area contributed by atoms with Crippen molar-refractivity contribution in [3.8, 4) is 11.3 Å². The number of anilines is 1. The van der Waals surface area contributed by atoms with E-state index in [-0.39, 0.29) is 11.7 Å². The van der Waals surface area contributed by atoms with E-state index < -0.39 is 0 Å². The number of carbonyl (C=O) groups is 1. The molecule has 7 heteroatoms. The topological polar surface area (TPSA) is 46.4 Å². The number of nitrogens with zero attached hydrogens (tertiary/aromatic N) is 2.